The maximum Gasteiger partial charge on any atom is 0.191 e. The van der Waals surface area contributed by atoms with Crippen molar-refractivity contribution in [3.05, 3.63) is 87.1 Å². The number of ketones is 1. The number of rotatable bonds is 11. The van der Waals surface area contributed by atoms with Gasteiger partial charge in [0.2, 0.25) is 0 Å². The van der Waals surface area contributed by atoms with Crippen LogP contribution in [0.4, 0.5) is 0 Å². The van der Waals surface area contributed by atoms with E-state index in [-0.39, 0.29) is 11.9 Å². The van der Waals surface area contributed by atoms with Gasteiger partial charge in [0.05, 0.1) is 11.9 Å². The summed E-state index contributed by atoms with van der Waals surface area (Å²) < 4.78 is 10.2. The van der Waals surface area contributed by atoms with Gasteiger partial charge in [0.1, 0.15) is 5.82 Å². The largest absolute Gasteiger partial charge is 0.376 e. The van der Waals surface area contributed by atoms with Crippen LogP contribution in [0, 0.1) is 13.8 Å². The lowest BCUT2D eigenvalue weighted by Gasteiger charge is -2.14. The monoisotopic (exact) mass is 520 g/mol. The fraction of sp³-hybridized carbons (Fsp3) is 0.393. The summed E-state index contributed by atoms with van der Waals surface area (Å²) >= 11 is 3.21. The van der Waals surface area contributed by atoms with Crippen molar-refractivity contribution in [2.24, 2.45) is 0 Å². The zero-order chi connectivity index (χ0) is 24.9. The molecular formula is C28H32N4O2S2. The predicted molar refractivity (Wildman–Crippen MR) is 145 cm³/mol. The molecule has 0 unspecified atom stereocenters. The highest BCUT2D eigenvalue weighted by molar-refractivity contribution is 7.99. The van der Waals surface area contributed by atoms with Gasteiger partial charge in [-0.25, -0.2) is 0 Å². The number of carbonyl (C=O) groups excluding carboxylic acids is 1. The van der Waals surface area contributed by atoms with Crippen LogP contribution in [0.3, 0.4) is 0 Å². The van der Waals surface area contributed by atoms with Crippen LogP contribution < -0.4 is 0 Å². The summed E-state index contributed by atoms with van der Waals surface area (Å²) in [6.07, 6.45) is 4.09. The first kappa shape index (κ1) is 25.0. The zero-order valence-corrected chi connectivity index (χ0v) is 22.5. The van der Waals surface area contributed by atoms with E-state index in [1.54, 1.807) is 11.3 Å². The van der Waals surface area contributed by atoms with Crippen LogP contribution in [0.5, 0.6) is 0 Å². The van der Waals surface area contributed by atoms with Gasteiger partial charge < -0.3 is 13.9 Å². The number of aryl methyl sites for hydroxylation is 2. The molecule has 0 N–H and O–H groups in total. The quantitative estimate of drug-likeness (QED) is 0.186. The zero-order valence-electron chi connectivity index (χ0n) is 20.9. The Balaban J connectivity index is 1.30. The highest BCUT2D eigenvalue weighted by Gasteiger charge is 2.22. The number of thiophene rings is 1. The van der Waals surface area contributed by atoms with Gasteiger partial charge in [-0.05, 0) is 56.2 Å². The lowest BCUT2D eigenvalue weighted by molar-refractivity contribution is 0.0957. The van der Waals surface area contributed by atoms with Crippen molar-refractivity contribution in [2.75, 3.05) is 12.4 Å². The average Bonchev–Trinajstić information content (AvgIpc) is 3.69. The third kappa shape index (κ3) is 5.82. The van der Waals surface area contributed by atoms with Crippen molar-refractivity contribution in [1.82, 2.24) is 19.3 Å². The van der Waals surface area contributed by atoms with Gasteiger partial charge in [-0.15, -0.1) is 21.5 Å². The standard InChI is InChI=1S/C28H32N4O2S2/c1-20-16-25(21(2)32(20)18-23-10-6-14-34-23)26(33)19-36-28-30-29-27(17-24-11-7-15-35-24)31(28)13-12-22-8-4-3-5-9-22/h3-5,7-9,11,15-16,23H,6,10,12-14,17-19H2,1-2H3/t23-/m0/s1. The molecule has 0 aliphatic carbocycles. The third-order valence-corrected chi connectivity index (χ3v) is 8.63. The molecule has 8 heteroatoms. The minimum atomic E-state index is 0.129. The fourth-order valence-corrected chi connectivity index (χ4v) is 6.37. The molecule has 1 fully saturated rings. The maximum absolute atomic E-state index is 13.3. The highest BCUT2D eigenvalue weighted by Crippen LogP contribution is 2.25. The van der Waals surface area contributed by atoms with Gasteiger partial charge in [-0.2, -0.15) is 0 Å². The van der Waals surface area contributed by atoms with E-state index in [2.05, 4.69) is 68.0 Å². The van der Waals surface area contributed by atoms with Crippen LogP contribution in [0.1, 0.15) is 50.9 Å². The molecule has 1 saturated heterocycles. The summed E-state index contributed by atoms with van der Waals surface area (Å²) in [4.78, 5) is 14.5. The Morgan fingerprint density at radius 1 is 1.14 bits per heavy atom. The van der Waals surface area contributed by atoms with E-state index in [0.29, 0.717) is 5.75 Å². The Morgan fingerprint density at radius 2 is 2.00 bits per heavy atom. The van der Waals surface area contributed by atoms with E-state index >= 15 is 0 Å². The molecule has 1 aromatic carbocycles. The molecule has 4 heterocycles. The minimum Gasteiger partial charge on any atom is -0.376 e. The number of nitrogens with zero attached hydrogens (tertiary/aromatic N) is 4. The summed E-state index contributed by atoms with van der Waals surface area (Å²) in [7, 11) is 0. The van der Waals surface area contributed by atoms with Gasteiger partial charge in [0.15, 0.2) is 10.9 Å². The van der Waals surface area contributed by atoms with Crippen molar-refractivity contribution in [2.45, 2.75) is 63.9 Å². The molecule has 36 heavy (non-hydrogen) atoms. The molecular weight excluding hydrogens is 488 g/mol. The second-order valence-electron chi connectivity index (χ2n) is 9.28. The van der Waals surface area contributed by atoms with Gasteiger partial charge in [-0.1, -0.05) is 48.2 Å². The molecule has 0 bridgehead atoms. The Morgan fingerprint density at radius 3 is 2.75 bits per heavy atom. The van der Waals surface area contributed by atoms with E-state index in [4.69, 9.17) is 4.74 Å². The van der Waals surface area contributed by atoms with E-state index in [0.717, 1.165) is 73.3 Å². The minimum absolute atomic E-state index is 0.129. The van der Waals surface area contributed by atoms with Crippen LogP contribution in [0.15, 0.2) is 59.1 Å². The number of thioether (sulfide) groups is 1. The number of ether oxygens (including phenoxy) is 1. The number of aromatic nitrogens is 4. The lowest BCUT2D eigenvalue weighted by Crippen LogP contribution is -2.17. The molecule has 0 saturated carbocycles. The Hall–Kier alpha value is -2.68. The van der Waals surface area contributed by atoms with Crippen LogP contribution in [-0.2, 0) is 30.7 Å². The smallest absolute Gasteiger partial charge is 0.191 e. The Bertz CT molecular complexity index is 1290. The average molecular weight is 521 g/mol. The van der Waals surface area contributed by atoms with Crippen molar-refractivity contribution in [3.8, 4) is 0 Å². The Labute approximate surface area is 220 Å². The summed E-state index contributed by atoms with van der Waals surface area (Å²) in [6.45, 7) is 6.55. The fourth-order valence-electron chi connectivity index (χ4n) is 4.80. The molecule has 0 radical (unpaired) electrons. The number of benzene rings is 1. The van der Waals surface area contributed by atoms with Crippen LogP contribution in [0.2, 0.25) is 0 Å². The van der Waals surface area contributed by atoms with Gasteiger partial charge in [0.25, 0.3) is 0 Å². The molecule has 3 aromatic heterocycles. The lowest BCUT2D eigenvalue weighted by atomic mass is 10.1. The number of carbonyl (C=O) groups is 1. The molecule has 4 aromatic rings. The number of hydrogen-bond donors (Lipinski definition) is 0. The molecule has 1 aliphatic heterocycles. The normalized spacial score (nSPS) is 15.6. The summed E-state index contributed by atoms with van der Waals surface area (Å²) in [5.41, 5.74) is 4.21. The molecule has 5 rings (SSSR count). The van der Waals surface area contributed by atoms with E-state index < -0.39 is 0 Å². The summed E-state index contributed by atoms with van der Waals surface area (Å²) in [5, 5.41) is 11.9. The topological polar surface area (TPSA) is 61.9 Å². The van der Waals surface area contributed by atoms with E-state index in [1.807, 2.05) is 19.1 Å². The Kier molecular flexibility index (Phi) is 8.04. The summed E-state index contributed by atoms with van der Waals surface area (Å²) in [5.74, 6) is 1.41. The second kappa shape index (κ2) is 11.6. The van der Waals surface area contributed by atoms with Crippen LogP contribution in [-0.4, -0.2) is 43.6 Å². The first-order valence-electron chi connectivity index (χ1n) is 12.5. The highest BCUT2D eigenvalue weighted by atomic mass is 32.2. The van der Waals surface area contributed by atoms with E-state index in [1.165, 1.54) is 22.2 Å². The molecule has 6 nitrogen and oxygen atoms in total. The van der Waals surface area contributed by atoms with Crippen LogP contribution in [0.25, 0.3) is 0 Å². The number of Topliss-reactive ketones (excluding diaryl/α,β-unsaturated/α-hetero) is 1. The molecule has 1 atom stereocenters. The first-order chi connectivity index (χ1) is 17.6. The SMILES string of the molecule is Cc1cc(C(=O)CSc2nnc(Cc3cccs3)n2CCc2ccccc2)c(C)n1C[C@@H]1CCCO1. The van der Waals surface area contributed by atoms with Crippen molar-refractivity contribution < 1.29 is 9.53 Å². The van der Waals surface area contributed by atoms with E-state index in [9.17, 15) is 4.79 Å². The van der Waals surface area contributed by atoms with Crippen molar-refractivity contribution >= 4 is 28.9 Å². The van der Waals surface area contributed by atoms with Crippen molar-refractivity contribution in [1.29, 1.82) is 0 Å². The summed E-state index contributed by atoms with van der Waals surface area (Å²) in [6, 6.07) is 16.7. The number of hydrogen-bond acceptors (Lipinski definition) is 6. The molecule has 0 amide bonds. The second-order valence-corrected chi connectivity index (χ2v) is 11.3. The van der Waals surface area contributed by atoms with Gasteiger partial charge in [0, 0.05) is 47.9 Å². The maximum atomic E-state index is 13.3. The first-order valence-corrected chi connectivity index (χ1v) is 14.4. The van der Waals surface area contributed by atoms with Gasteiger partial charge >= 0.3 is 0 Å². The molecule has 0 spiro atoms. The van der Waals surface area contributed by atoms with Crippen LogP contribution >= 0.6 is 23.1 Å². The molecule has 1 aliphatic rings. The van der Waals surface area contributed by atoms with Gasteiger partial charge in [-0.3, -0.25) is 4.79 Å². The van der Waals surface area contributed by atoms with Crippen molar-refractivity contribution in [3.63, 3.8) is 0 Å². The molecule has 188 valence electrons. The predicted octanol–water partition coefficient (Wildman–Crippen LogP) is 5.75. The third-order valence-electron chi connectivity index (χ3n) is 6.79.